The lowest BCUT2D eigenvalue weighted by molar-refractivity contribution is -0.138. The van der Waals surface area contributed by atoms with Gasteiger partial charge in [-0.25, -0.2) is 0 Å². The first-order chi connectivity index (χ1) is 6.88. The maximum atomic E-state index is 12.4. The summed E-state index contributed by atoms with van der Waals surface area (Å²) in [4.78, 5) is 0. The molecule has 0 amide bonds. The number of alkyl halides is 3. The van der Waals surface area contributed by atoms with Gasteiger partial charge < -0.3 is 5.84 Å². The highest BCUT2D eigenvalue weighted by Crippen LogP contribution is 2.35. The molecule has 0 aliphatic heterocycles. The molecule has 0 radical (unpaired) electrons. The van der Waals surface area contributed by atoms with Gasteiger partial charge in [0.15, 0.2) is 0 Å². The molecule has 0 spiro atoms. The fourth-order valence-electron chi connectivity index (χ4n) is 1.19. The van der Waals surface area contributed by atoms with Crippen molar-refractivity contribution >= 4 is 17.8 Å². The van der Waals surface area contributed by atoms with Crippen LogP contribution in [0, 0.1) is 6.92 Å². The summed E-state index contributed by atoms with van der Waals surface area (Å²) in [6, 6.07) is 2.19. The average Bonchev–Trinajstić information content (AvgIpc) is 2.11. The van der Waals surface area contributed by atoms with E-state index in [1.54, 1.807) is 0 Å². The SMILES string of the molecule is Cc1c(C(F)(F)F)ccc(C=NN)c1Cl. The molecule has 0 aromatic heterocycles. The number of benzene rings is 1. The third-order valence-electron chi connectivity index (χ3n) is 1.94. The molecule has 0 fully saturated rings. The Balaban J connectivity index is 3.34. The van der Waals surface area contributed by atoms with Crippen LogP contribution in [0.5, 0.6) is 0 Å². The van der Waals surface area contributed by atoms with Gasteiger partial charge in [-0.3, -0.25) is 0 Å². The Morgan fingerprint density at radius 3 is 2.47 bits per heavy atom. The Morgan fingerprint density at radius 2 is 2.00 bits per heavy atom. The summed E-state index contributed by atoms with van der Waals surface area (Å²) >= 11 is 5.74. The summed E-state index contributed by atoms with van der Waals surface area (Å²) in [5.74, 6) is 4.89. The van der Waals surface area contributed by atoms with E-state index in [1.165, 1.54) is 19.2 Å². The van der Waals surface area contributed by atoms with E-state index in [9.17, 15) is 13.2 Å². The molecule has 1 aromatic rings. The maximum Gasteiger partial charge on any atom is 0.416 e. The van der Waals surface area contributed by atoms with Crippen LogP contribution < -0.4 is 5.84 Å². The van der Waals surface area contributed by atoms with Crippen molar-refractivity contribution in [3.8, 4) is 0 Å². The van der Waals surface area contributed by atoms with Crippen LogP contribution in [-0.2, 0) is 6.18 Å². The number of nitrogens with two attached hydrogens (primary N) is 1. The molecule has 0 unspecified atom stereocenters. The molecule has 0 bridgehead atoms. The van der Waals surface area contributed by atoms with Gasteiger partial charge in [0, 0.05) is 5.56 Å². The second-order valence-electron chi connectivity index (χ2n) is 2.92. The van der Waals surface area contributed by atoms with Gasteiger partial charge in [0.1, 0.15) is 0 Å². The van der Waals surface area contributed by atoms with Crippen molar-refractivity contribution < 1.29 is 13.2 Å². The summed E-state index contributed by atoms with van der Waals surface area (Å²) in [7, 11) is 0. The first kappa shape index (κ1) is 11.8. The van der Waals surface area contributed by atoms with Gasteiger partial charge in [-0.05, 0) is 18.6 Å². The molecule has 6 heteroatoms. The highest BCUT2D eigenvalue weighted by atomic mass is 35.5. The van der Waals surface area contributed by atoms with E-state index in [4.69, 9.17) is 17.4 Å². The molecule has 1 rings (SSSR count). The molecule has 15 heavy (non-hydrogen) atoms. The van der Waals surface area contributed by atoms with Crippen molar-refractivity contribution in [3.63, 3.8) is 0 Å². The normalized spacial score (nSPS) is 12.3. The van der Waals surface area contributed by atoms with Crippen LogP contribution in [0.15, 0.2) is 17.2 Å². The standard InChI is InChI=1S/C9H8ClF3N2/c1-5-7(9(11,12)13)3-2-6(4-15-14)8(5)10/h2-4H,14H2,1H3. The van der Waals surface area contributed by atoms with Gasteiger partial charge in [0.25, 0.3) is 0 Å². The highest BCUT2D eigenvalue weighted by Gasteiger charge is 2.33. The third kappa shape index (κ3) is 2.41. The van der Waals surface area contributed by atoms with Crippen LogP contribution in [0.1, 0.15) is 16.7 Å². The second kappa shape index (κ2) is 4.10. The van der Waals surface area contributed by atoms with Crippen LogP contribution in [0.3, 0.4) is 0 Å². The van der Waals surface area contributed by atoms with E-state index >= 15 is 0 Å². The van der Waals surface area contributed by atoms with Gasteiger partial charge in [-0.15, -0.1) is 0 Å². The van der Waals surface area contributed by atoms with Crippen LogP contribution >= 0.6 is 11.6 Å². The van der Waals surface area contributed by atoms with Crippen molar-refractivity contribution in [2.45, 2.75) is 13.1 Å². The van der Waals surface area contributed by atoms with Crippen molar-refractivity contribution in [3.05, 3.63) is 33.8 Å². The lowest BCUT2D eigenvalue weighted by Gasteiger charge is -2.12. The predicted octanol–water partition coefficient (Wildman–Crippen LogP) is 2.96. The zero-order chi connectivity index (χ0) is 11.6. The molecule has 0 saturated carbocycles. The Bertz CT molecular complexity index is 399. The van der Waals surface area contributed by atoms with E-state index in [1.807, 2.05) is 0 Å². The van der Waals surface area contributed by atoms with Crippen LogP contribution in [0.25, 0.3) is 0 Å². The lowest BCUT2D eigenvalue weighted by atomic mass is 10.1. The number of hydrogen-bond donors (Lipinski definition) is 1. The van der Waals surface area contributed by atoms with E-state index in [0.29, 0.717) is 5.56 Å². The van der Waals surface area contributed by atoms with Crippen LogP contribution in [0.4, 0.5) is 13.2 Å². The molecule has 0 atom stereocenters. The van der Waals surface area contributed by atoms with Crippen molar-refractivity contribution in [2.24, 2.45) is 10.9 Å². The molecule has 2 N–H and O–H groups in total. The van der Waals surface area contributed by atoms with Crippen LogP contribution in [-0.4, -0.2) is 6.21 Å². The van der Waals surface area contributed by atoms with Gasteiger partial charge in [-0.2, -0.15) is 18.3 Å². The van der Waals surface area contributed by atoms with Gasteiger partial charge in [0.2, 0.25) is 0 Å². The number of hydrazone groups is 1. The Morgan fingerprint density at radius 1 is 1.40 bits per heavy atom. The van der Waals surface area contributed by atoms with Crippen molar-refractivity contribution in [1.29, 1.82) is 0 Å². The zero-order valence-electron chi connectivity index (χ0n) is 7.77. The van der Waals surface area contributed by atoms with E-state index < -0.39 is 11.7 Å². The Kier molecular flexibility index (Phi) is 3.24. The summed E-state index contributed by atoms with van der Waals surface area (Å²) < 4.78 is 37.3. The van der Waals surface area contributed by atoms with E-state index in [-0.39, 0.29) is 10.6 Å². The van der Waals surface area contributed by atoms with Crippen molar-refractivity contribution in [2.75, 3.05) is 0 Å². The molecule has 0 saturated heterocycles. The number of halogens is 4. The van der Waals surface area contributed by atoms with E-state index in [2.05, 4.69) is 5.10 Å². The number of nitrogens with zero attached hydrogens (tertiary/aromatic N) is 1. The molecular weight excluding hydrogens is 229 g/mol. The molecule has 0 aliphatic carbocycles. The monoisotopic (exact) mass is 236 g/mol. The summed E-state index contributed by atoms with van der Waals surface area (Å²) in [6.07, 6.45) is -3.19. The quantitative estimate of drug-likeness (QED) is 0.454. The maximum absolute atomic E-state index is 12.4. The largest absolute Gasteiger partial charge is 0.416 e. The van der Waals surface area contributed by atoms with Crippen LogP contribution in [0.2, 0.25) is 5.02 Å². The molecule has 0 aliphatic rings. The fourth-order valence-corrected chi connectivity index (χ4v) is 1.41. The smallest absolute Gasteiger partial charge is 0.323 e. The van der Waals surface area contributed by atoms with Gasteiger partial charge >= 0.3 is 6.18 Å². The first-order valence-corrected chi connectivity index (χ1v) is 4.35. The molecule has 2 nitrogen and oxygen atoms in total. The highest BCUT2D eigenvalue weighted by molar-refractivity contribution is 6.33. The third-order valence-corrected chi connectivity index (χ3v) is 2.44. The molecule has 0 heterocycles. The predicted molar refractivity (Wildman–Crippen MR) is 53.0 cm³/mol. The minimum atomic E-state index is -4.40. The zero-order valence-corrected chi connectivity index (χ0v) is 8.52. The number of hydrogen-bond acceptors (Lipinski definition) is 2. The molecular formula is C9H8ClF3N2. The summed E-state index contributed by atoms with van der Waals surface area (Å²) in [5, 5.41) is 3.22. The van der Waals surface area contributed by atoms with E-state index in [0.717, 1.165) is 6.07 Å². The summed E-state index contributed by atoms with van der Waals surface area (Å²) in [6.45, 7) is 1.30. The van der Waals surface area contributed by atoms with Crippen molar-refractivity contribution in [1.82, 2.24) is 0 Å². The Hall–Kier alpha value is -1.23. The molecule has 1 aromatic carbocycles. The van der Waals surface area contributed by atoms with Gasteiger partial charge in [-0.1, -0.05) is 17.7 Å². The number of rotatable bonds is 1. The van der Waals surface area contributed by atoms with Gasteiger partial charge in [0.05, 0.1) is 16.8 Å². The Labute approximate surface area is 89.5 Å². The second-order valence-corrected chi connectivity index (χ2v) is 3.30. The lowest BCUT2D eigenvalue weighted by Crippen LogP contribution is -2.08. The summed E-state index contributed by atoms with van der Waals surface area (Å²) in [5.41, 5.74) is -0.409. The minimum Gasteiger partial charge on any atom is -0.323 e. The average molecular weight is 237 g/mol. The first-order valence-electron chi connectivity index (χ1n) is 3.97. The fraction of sp³-hybridized carbons (Fsp3) is 0.222. The topological polar surface area (TPSA) is 38.4 Å². The minimum absolute atomic E-state index is 0.0130. The molecule has 82 valence electrons.